The lowest BCUT2D eigenvalue weighted by molar-refractivity contribution is -0.182. The van der Waals surface area contributed by atoms with E-state index in [1.54, 1.807) is 0 Å². The van der Waals surface area contributed by atoms with E-state index in [-0.39, 0.29) is 23.5 Å². The maximum Gasteiger partial charge on any atom is 0.306 e. The largest absolute Gasteiger partial charge is 0.481 e. The Morgan fingerprint density at radius 1 is 1.14 bits per heavy atom. The lowest BCUT2D eigenvalue weighted by atomic mass is 9.66. The molecule has 1 spiro atoms. The molecule has 1 saturated heterocycles. The highest BCUT2D eigenvalue weighted by molar-refractivity contribution is 5.76. The van der Waals surface area contributed by atoms with Gasteiger partial charge in [-0.1, -0.05) is 25.7 Å². The third-order valence-corrected chi connectivity index (χ3v) is 5.70. The normalized spacial score (nSPS) is 35.3. The smallest absolute Gasteiger partial charge is 0.306 e. The van der Waals surface area contributed by atoms with Gasteiger partial charge in [0.15, 0.2) is 0 Å². The van der Waals surface area contributed by atoms with Gasteiger partial charge in [0.2, 0.25) is 5.91 Å². The first-order chi connectivity index (χ1) is 10.6. The number of amides is 1. The molecule has 0 radical (unpaired) electrons. The van der Waals surface area contributed by atoms with E-state index in [0.29, 0.717) is 25.9 Å². The molecule has 124 valence electrons. The van der Waals surface area contributed by atoms with Crippen LogP contribution in [-0.2, 0) is 14.3 Å². The number of hydrogen-bond donors (Lipinski definition) is 2. The minimum absolute atomic E-state index is 0.152. The summed E-state index contributed by atoms with van der Waals surface area (Å²) in [6.45, 7) is 0.625. The first-order valence-electron chi connectivity index (χ1n) is 8.72. The van der Waals surface area contributed by atoms with E-state index in [1.165, 1.54) is 25.7 Å². The average molecular weight is 309 g/mol. The van der Waals surface area contributed by atoms with Crippen LogP contribution in [0.15, 0.2) is 0 Å². The lowest BCUT2D eigenvalue weighted by Gasteiger charge is -2.50. The van der Waals surface area contributed by atoms with Crippen LogP contribution in [0.25, 0.3) is 0 Å². The number of carbonyl (C=O) groups excluding carboxylic acids is 1. The molecule has 3 fully saturated rings. The van der Waals surface area contributed by atoms with Gasteiger partial charge in [0.25, 0.3) is 0 Å². The lowest BCUT2D eigenvalue weighted by Crippen LogP contribution is -2.56. The van der Waals surface area contributed by atoms with Crippen molar-refractivity contribution in [3.63, 3.8) is 0 Å². The zero-order chi connectivity index (χ0) is 15.6. The molecule has 3 aliphatic rings. The van der Waals surface area contributed by atoms with Crippen LogP contribution in [0, 0.1) is 11.8 Å². The van der Waals surface area contributed by atoms with Crippen LogP contribution in [0.3, 0.4) is 0 Å². The van der Waals surface area contributed by atoms with E-state index in [1.807, 2.05) is 0 Å². The molecule has 1 amide bonds. The standard InChI is InChI=1S/C17H27NO4/c19-15(6-5-12-3-1-2-4-12)18-14-7-8-22-17(11-14)9-13(10-17)16(20)21/h12-14H,1-11H2,(H,18,19)(H,20,21). The van der Waals surface area contributed by atoms with Gasteiger partial charge in [-0.15, -0.1) is 0 Å². The van der Waals surface area contributed by atoms with Gasteiger partial charge < -0.3 is 15.2 Å². The third-order valence-electron chi connectivity index (χ3n) is 5.70. The highest BCUT2D eigenvalue weighted by Crippen LogP contribution is 2.46. The van der Waals surface area contributed by atoms with Crippen LogP contribution in [0.2, 0.25) is 0 Å². The summed E-state index contributed by atoms with van der Waals surface area (Å²) in [7, 11) is 0. The summed E-state index contributed by atoms with van der Waals surface area (Å²) in [6, 6.07) is 0.152. The minimum atomic E-state index is -0.725. The van der Waals surface area contributed by atoms with Crippen molar-refractivity contribution >= 4 is 11.9 Å². The Morgan fingerprint density at radius 2 is 1.86 bits per heavy atom. The van der Waals surface area contributed by atoms with Crippen molar-refractivity contribution < 1.29 is 19.4 Å². The zero-order valence-electron chi connectivity index (χ0n) is 13.2. The monoisotopic (exact) mass is 309 g/mol. The molecule has 5 heteroatoms. The topological polar surface area (TPSA) is 75.6 Å². The Balaban J connectivity index is 1.40. The molecule has 2 saturated carbocycles. The maximum absolute atomic E-state index is 12.1. The van der Waals surface area contributed by atoms with Gasteiger partial charge in [-0.3, -0.25) is 9.59 Å². The van der Waals surface area contributed by atoms with Crippen LogP contribution < -0.4 is 5.32 Å². The number of aliphatic carboxylic acids is 1. The second kappa shape index (κ2) is 6.57. The summed E-state index contributed by atoms with van der Waals surface area (Å²) in [6.07, 6.45) is 9.65. The summed E-state index contributed by atoms with van der Waals surface area (Å²) in [5.74, 6) is -0.0911. The molecule has 2 aliphatic carbocycles. The van der Waals surface area contributed by atoms with Crippen molar-refractivity contribution in [2.24, 2.45) is 11.8 Å². The molecule has 2 N–H and O–H groups in total. The van der Waals surface area contributed by atoms with Crippen molar-refractivity contribution in [3.05, 3.63) is 0 Å². The molecule has 1 unspecified atom stereocenters. The van der Waals surface area contributed by atoms with E-state index in [9.17, 15) is 9.59 Å². The van der Waals surface area contributed by atoms with Crippen molar-refractivity contribution in [3.8, 4) is 0 Å². The molecule has 0 aromatic heterocycles. The number of carboxylic acids is 1. The molecular formula is C17H27NO4. The van der Waals surface area contributed by atoms with Crippen LogP contribution in [0.4, 0.5) is 0 Å². The molecule has 3 rings (SSSR count). The van der Waals surface area contributed by atoms with Gasteiger partial charge in [-0.05, 0) is 38.0 Å². The van der Waals surface area contributed by atoms with Gasteiger partial charge in [0.1, 0.15) is 0 Å². The van der Waals surface area contributed by atoms with E-state index in [0.717, 1.165) is 25.2 Å². The van der Waals surface area contributed by atoms with Crippen molar-refractivity contribution in [1.29, 1.82) is 0 Å². The first kappa shape index (κ1) is 15.8. The zero-order valence-corrected chi connectivity index (χ0v) is 13.2. The summed E-state index contributed by atoms with van der Waals surface area (Å²) in [5.41, 5.74) is -0.287. The van der Waals surface area contributed by atoms with Crippen molar-refractivity contribution in [1.82, 2.24) is 5.32 Å². The van der Waals surface area contributed by atoms with Crippen LogP contribution in [0.5, 0.6) is 0 Å². The predicted octanol–water partition coefficient (Wildman–Crippen LogP) is 2.49. The number of carbonyl (C=O) groups is 2. The minimum Gasteiger partial charge on any atom is -0.481 e. The Bertz CT molecular complexity index is 424. The summed E-state index contributed by atoms with van der Waals surface area (Å²) < 4.78 is 5.82. The fraction of sp³-hybridized carbons (Fsp3) is 0.882. The summed E-state index contributed by atoms with van der Waals surface area (Å²) in [5, 5.41) is 12.2. The van der Waals surface area contributed by atoms with E-state index < -0.39 is 5.97 Å². The summed E-state index contributed by atoms with van der Waals surface area (Å²) >= 11 is 0. The number of nitrogens with one attached hydrogen (secondary N) is 1. The molecular weight excluding hydrogens is 282 g/mol. The fourth-order valence-electron chi connectivity index (χ4n) is 4.38. The molecule has 5 nitrogen and oxygen atoms in total. The number of carboxylic acid groups (broad SMARTS) is 1. The van der Waals surface area contributed by atoms with Crippen LogP contribution >= 0.6 is 0 Å². The molecule has 0 aromatic carbocycles. The van der Waals surface area contributed by atoms with Crippen LogP contribution in [0.1, 0.15) is 64.2 Å². The van der Waals surface area contributed by atoms with Crippen molar-refractivity contribution in [2.75, 3.05) is 6.61 Å². The van der Waals surface area contributed by atoms with E-state index in [4.69, 9.17) is 9.84 Å². The number of rotatable bonds is 5. The quantitative estimate of drug-likeness (QED) is 0.818. The molecule has 0 bridgehead atoms. The van der Waals surface area contributed by atoms with Crippen molar-refractivity contribution in [2.45, 2.75) is 75.9 Å². The Labute approximate surface area is 131 Å². The Kier molecular flexibility index (Phi) is 4.71. The molecule has 1 atom stereocenters. The van der Waals surface area contributed by atoms with E-state index in [2.05, 4.69) is 5.32 Å². The number of hydrogen-bond acceptors (Lipinski definition) is 3. The molecule has 1 heterocycles. The maximum atomic E-state index is 12.1. The Morgan fingerprint density at radius 3 is 2.55 bits per heavy atom. The van der Waals surface area contributed by atoms with Gasteiger partial charge >= 0.3 is 5.97 Å². The molecule has 1 aliphatic heterocycles. The van der Waals surface area contributed by atoms with Gasteiger partial charge in [-0.25, -0.2) is 0 Å². The molecule has 22 heavy (non-hydrogen) atoms. The Hall–Kier alpha value is -1.10. The van der Waals surface area contributed by atoms with Crippen LogP contribution in [-0.4, -0.2) is 35.2 Å². The highest BCUT2D eigenvalue weighted by Gasteiger charge is 2.51. The number of ether oxygens (including phenoxy) is 1. The average Bonchev–Trinajstić information content (AvgIpc) is 2.96. The van der Waals surface area contributed by atoms with Gasteiger partial charge in [-0.2, -0.15) is 0 Å². The second-order valence-corrected chi connectivity index (χ2v) is 7.42. The predicted molar refractivity (Wildman–Crippen MR) is 81.4 cm³/mol. The first-order valence-corrected chi connectivity index (χ1v) is 8.72. The van der Waals surface area contributed by atoms with Gasteiger partial charge in [0.05, 0.1) is 11.5 Å². The molecule has 0 aromatic rings. The third kappa shape index (κ3) is 3.62. The SMILES string of the molecule is O=C(CCC1CCCC1)NC1CCOC2(C1)CC(C(=O)O)C2. The van der Waals surface area contributed by atoms with Gasteiger partial charge in [0, 0.05) is 19.1 Å². The van der Waals surface area contributed by atoms with E-state index >= 15 is 0 Å². The summed E-state index contributed by atoms with van der Waals surface area (Å²) in [4.78, 5) is 23.1. The fourth-order valence-corrected chi connectivity index (χ4v) is 4.38. The second-order valence-electron chi connectivity index (χ2n) is 7.42. The highest BCUT2D eigenvalue weighted by atomic mass is 16.5.